The molecular formula is C18H28N4O. The van der Waals surface area contributed by atoms with Gasteiger partial charge in [0, 0.05) is 31.0 Å². The van der Waals surface area contributed by atoms with Crippen LogP contribution in [0.15, 0.2) is 12.3 Å². The van der Waals surface area contributed by atoms with E-state index in [1.54, 1.807) is 6.20 Å². The van der Waals surface area contributed by atoms with Gasteiger partial charge in [0.15, 0.2) is 0 Å². The van der Waals surface area contributed by atoms with Crippen LogP contribution >= 0.6 is 0 Å². The van der Waals surface area contributed by atoms with Crippen LogP contribution < -0.4 is 10.2 Å². The van der Waals surface area contributed by atoms with Gasteiger partial charge in [-0.3, -0.25) is 4.79 Å². The van der Waals surface area contributed by atoms with Crippen molar-refractivity contribution >= 4 is 11.9 Å². The molecule has 1 amide bonds. The van der Waals surface area contributed by atoms with Crippen molar-refractivity contribution in [1.82, 2.24) is 15.3 Å². The fraction of sp³-hybridized carbons (Fsp3) is 0.722. The quantitative estimate of drug-likeness (QED) is 0.931. The summed E-state index contributed by atoms with van der Waals surface area (Å²) in [5, 5.41) is 3.29. The Balaban J connectivity index is 1.56. The Bertz CT molecular complexity index is 540. The maximum atomic E-state index is 12.6. The number of rotatable bonds is 3. The van der Waals surface area contributed by atoms with E-state index in [4.69, 9.17) is 0 Å². The second-order valence-electron chi connectivity index (χ2n) is 7.25. The molecule has 3 rings (SSSR count). The molecule has 0 spiro atoms. The largest absolute Gasteiger partial charge is 0.353 e. The summed E-state index contributed by atoms with van der Waals surface area (Å²) in [5.41, 5.74) is 0.970. The summed E-state index contributed by atoms with van der Waals surface area (Å²) in [7, 11) is 0. The molecule has 23 heavy (non-hydrogen) atoms. The number of nitrogens with zero attached hydrogens (tertiary/aromatic N) is 3. The van der Waals surface area contributed by atoms with Gasteiger partial charge in [-0.25, -0.2) is 9.97 Å². The van der Waals surface area contributed by atoms with Crippen molar-refractivity contribution in [3.05, 3.63) is 18.0 Å². The van der Waals surface area contributed by atoms with Crippen molar-refractivity contribution in [2.24, 2.45) is 11.8 Å². The Morgan fingerprint density at radius 2 is 2.04 bits per heavy atom. The smallest absolute Gasteiger partial charge is 0.225 e. The van der Waals surface area contributed by atoms with Gasteiger partial charge in [0.1, 0.15) is 0 Å². The van der Waals surface area contributed by atoms with Crippen LogP contribution in [0, 0.1) is 18.8 Å². The highest BCUT2D eigenvalue weighted by Gasteiger charge is 2.29. The number of carbonyl (C=O) groups is 1. The van der Waals surface area contributed by atoms with Gasteiger partial charge in [0.05, 0.1) is 5.92 Å². The van der Waals surface area contributed by atoms with E-state index in [0.29, 0.717) is 6.04 Å². The first-order valence-corrected chi connectivity index (χ1v) is 8.97. The van der Waals surface area contributed by atoms with Crippen LogP contribution in [0.3, 0.4) is 0 Å². The lowest BCUT2D eigenvalue weighted by atomic mass is 9.87. The van der Waals surface area contributed by atoms with Gasteiger partial charge in [0.2, 0.25) is 11.9 Å². The molecule has 0 bridgehead atoms. The van der Waals surface area contributed by atoms with Crippen LogP contribution in [0.1, 0.15) is 51.1 Å². The van der Waals surface area contributed by atoms with E-state index < -0.39 is 0 Å². The Hall–Kier alpha value is -1.65. The summed E-state index contributed by atoms with van der Waals surface area (Å²) in [6.45, 7) is 5.95. The number of carbonyl (C=O) groups excluding carboxylic acids is 1. The van der Waals surface area contributed by atoms with Gasteiger partial charge in [-0.15, -0.1) is 0 Å². The molecule has 2 heterocycles. The highest BCUT2D eigenvalue weighted by atomic mass is 16.2. The zero-order valence-electron chi connectivity index (χ0n) is 14.3. The second-order valence-corrected chi connectivity index (χ2v) is 7.25. The maximum absolute atomic E-state index is 12.6. The number of hydrogen-bond donors (Lipinski definition) is 1. The number of hydrogen-bond acceptors (Lipinski definition) is 4. The normalized spacial score (nSPS) is 28.4. The van der Waals surface area contributed by atoms with Crippen LogP contribution in [-0.4, -0.2) is 35.0 Å². The molecule has 2 fully saturated rings. The third kappa shape index (κ3) is 4.21. The Morgan fingerprint density at radius 1 is 1.26 bits per heavy atom. The summed E-state index contributed by atoms with van der Waals surface area (Å²) in [6, 6.07) is 2.28. The van der Waals surface area contributed by atoms with E-state index in [0.717, 1.165) is 56.3 Å². The van der Waals surface area contributed by atoms with Crippen molar-refractivity contribution in [2.75, 3.05) is 18.0 Å². The Kier molecular flexibility index (Phi) is 5.13. The summed E-state index contributed by atoms with van der Waals surface area (Å²) in [6.07, 6.45) is 8.52. The lowest BCUT2D eigenvalue weighted by molar-refractivity contribution is -0.126. The van der Waals surface area contributed by atoms with Crippen molar-refractivity contribution < 1.29 is 4.79 Å². The first kappa shape index (κ1) is 16.2. The van der Waals surface area contributed by atoms with E-state index in [2.05, 4.69) is 27.1 Å². The van der Waals surface area contributed by atoms with Gasteiger partial charge in [0.25, 0.3) is 0 Å². The zero-order chi connectivity index (χ0) is 16.2. The third-order valence-corrected chi connectivity index (χ3v) is 5.22. The molecule has 1 aromatic rings. The highest BCUT2D eigenvalue weighted by Crippen LogP contribution is 2.25. The molecule has 1 aliphatic carbocycles. The maximum Gasteiger partial charge on any atom is 0.225 e. The summed E-state index contributed by atoms with van der Waals surface area (Å²) < 4.78 is 0. The molecule has 1 aromatic heterocycles. The Morgan fingerprint density at radius 3 is 2.78 bits per heavy atom. The average molecular weight is 316 g/mol. The molecule has 1 atom stereocenters. The minimum atomic E-state index is 0.0622. The number of piperidine rings is 1. The molecule has 1 saturated carbocycles. The average Bonchev–Trinajstić information content (AvgIpc) is 2.57. The predicted octanol–water partition coefficient (Wildman–Crippen LogP) is 2.70. The van der Waals surface area contributed by atoms with E-state index in [1.165, 1.54) is 12.8 Å². The summed E-state index contributed by atoms with van der Waals surface area (Å²) in [4.78, 5) is 23.6. The van der Waals surface area contributed by atoms with Gasteiger partial charge in [-0.2, -0.15) is 0 Å². The fourth-order valence-corrected chi connectivity index (χ4v) is 3.68. The van der Waals surface area contributed by atoms with E-state index in [9.17, 15) is 4.79 Å². The van der Waals surface area contributed by atoms with Crippen LogP contribution in [0.2, 0.25) is 0 Å². The van der Waals surface area contributed by atoms with E-state index in [1.807, 2.05) is 13.0 Å². The molecule has 2 aliphatic rings. The standard InChI is InChI=1S/C18H28N4O/c1-13-5-7-16(8-6-13)21-17(23)15-4-3-11-22(12-15)18-19-10-9-14(2)20-18/h9-10,13,15-16H,3-8,11-12H2,1-2H3,(H,21,23)/t13?,15-,16?/m1/s1. The van der Waals surface area contributed by atoms with Crippen molar-refractivity contribution in [3.63, 3.8) is 0 Å². The molecule has 1 aliphatic heterocycles. The molecule has 5 heteroatoms. The van der Waals surface area contributed by atoms with Gasteiger partial charge in [-0.1, -0.05) is 6.92 Å². The highest BCUT2D eigenvalue weighted by molar-refractivity contribution is 5.79. The van der Waals surface area contributed by atoms with Crippen molar-refractivity contribution in [2.45, 2.75) is 58.4 Å². The molecule has 0 unspecified atom stereocenters. The first-order valence-electron chi connectivity index (χ1n) is 8.97. The van der Waals surface area contributed by atoms with Gasteiger partial charge in [-0.05, 0) is 57.4 Å². The van der Waals surface area contributed by atoms with E-state index in [-0.39, 0.29) is 11.8 Å². The summed E-state index contributed by atoms with van der Waals surface area (Å²) in [5.74, 6) is 1.86. The molecular weight excluding hydrogens is 288 g/mol. The van der Waals surface area contributed by atoms with E-state index >= 15 is 0 Å². The number of nitrogens with one attached hydrogen (secondary N) is 1. The third-order valence-electron chi connectivity index (χ3n) is 5.22. The topological polar surface area (TPSA) is 58.1 Å². The number of aromatic nitrogens is 2. The minimum absolute atomic E-state index is 0.0622. The minimum Gasteiger partial charge on any atom is -0.353 e. The van der Waals surface area contributed by atoms with Crippen LogP contribution in [-0.2, 0) is 4.79 Å². The first-order chi connectivity index (χ1) is 11.1. The molecule has 0 aromatic carbocycles. The molecule has 5 nitrogen and oxygen atoms in total. The number of amides is 1. The predicted molar refractivity (Wildman–Crippen MR) is 91.3 cm³/mol. The molecule has 1 N–H and O–H groups in total. The van der Waals surface area contributed by atoms with Crippen molar-refractivity contribution in [3.8, 4) is 0 Å². The lowest BCUT2D eigenvalue weighted by Gasteiger charge is -2.34. The van der Waals surface area contributed by atoms with Crippen LogP contribution in [0.5, 0.6) is 0 Å². The lowest BCUT2D eigenvalue weighted by Crippen LogP contribution is -2.47. The molecule has 1 saturated heterocycles. The molecule has 126 valence electrons. The fourth-order valence-electron chi connectivity index (χ4n) is 3.68. The second kappa shape index (κ2) is 7.28. The van der Waals surface area contributed by atoms with Crippen molar-refractivity contribution in [1.29, 1.82) is 0 Å². The van der Waals surface area contributed by atoms with Gasteiger partial charge < -0.3 is 10.2 Å². The van der Waals surface area contributed by atoms with Gasteiger partial charge >= 0.3 is 0 Å². The SMILES string of the molecule is Cc1ccnc(N2CCC[C@@H](C(=O)NC3CCC(C)CC3)C2)n1. The van der Waals surface area contributed by atoms with Crippen LogP contribution in [0.4, 0.5) is 5.95 Å². The zero-order valence-corrected chi connectivity index (χ0v) is 14.3. The number of anilines is 1. The number of aryl methyl sites for hydroxylation is 1. The van der Waals surface area contributed by atoms with Crippen LogP contribution in [0.25, 0.3) is 0 Å². The Labute approximate surface area is 138 Å². The monoisotopic (exact) mass is 316 g/mol. The summed E-state index contributed by atoms with van der Waals surface area (Å²) >= 11 is 0. The molecule has 0 radical (unpaired) electrons.